The van der Waals surface area contributed by atoms with Crippen LogP contribution in [-0.4, -0.2) is 20.5 Å². The van der Waals surface area contributed by atoms with Crippen LogP contribution in [0.5, 0.6) is 5.75 Å². The van der Waals surface area contributed by atoms with Gasteiger partial charge in [-0.15, -0.1) is 0 Å². The summed E-state index contributed by atoms with van der Waals surface area (Å²) < 4.78 is 63.0. The number of hydrogen-bond acceptors (Lipinski definition) is 4. The van der Waals surface area contributed by atoms with Gasteiger partial charge in [0.05, 0.1) is 0 Å². The molecule has 1 N–H and O–H groups in total. The molecule has 4 nitrogen and oxygen atoms in total. The molecule has 0 saturated heterocycles. The van der Waals surface area contributed by atoms with Crippen molar-refractivity contribution in [3.05, 3.63) is 23.8 Å². The largest absolute Gasteiger partial charge is 0.534 e. The normalized spacial score (nSPS) is 18.1. The molecule has 8 heteroatoms. The van der Waals surface area contributed by atoms with E-state index in [-0.39, 0.29) is 11.2 Å². The van der Waals surface area contributed by atoms with Crippen molar-refractivity contribution in [2.24, 2.45) is 0 Å². The minimum absolute atomic E-state index is 0.262. The number of fused-ring (bicyclic) bond motifs is 1. The van der Waals surface area contributed by atoms with E-state index in [2.05, 4.69) is 9.50 Å². The molecule has 0 amide bonds. The maximum absolute atomic E-state index is 12.3. The third-order valence-electron chi connectivity index (χ3n) is 3.28. The maximum atomic E-state index is 12.3. The van der Waals surface area contributed by atoms with Gasteiger partial charge in [0.2, 0.25) is 0 Å². The first-order valence-corrected chi connectivity index (χ1v) is 7.33. The van der Waals surface area contributed by atoms with Crippen molar-refractivity contribution < 1.29 is 25.8 Å². The van der Waals surface area contributed by atoms with Gasteiger partial charge in [0.25, 0.3) is 0 Å². The molecule has 0 aliphatic carbocycles. The van der Waals surface area contributed by atoms with Crippen LogP contribution in [0.1, 0.15) is 25.8 Å². The minimum Gasteiger partial charge on any atom is -0.385 e. The van der Waals surface area contributed by atoms with Gasteiger partial charge in [0.15, 0.2) is 0 Å². The second-order valence-electron chi connectivity index (χ2n) is 5.25. The Bertz CT molecular complexity index is 623. The third-order valence-corrected chi connectivity index (χ3v) is 4.25. The van der Waals surface area contributed by atoms with E-state index in [1.165, 1.54) is 18.2 Å². The maximum Gasteiger partial charge on any atom is 0.534 e. The summed E-state index contributed by atoms with van der Waals surface area (Å²) in [7, 11) is -5.64. The molecule has 20 heavy (non-hydrogen) atoms. The number of halogens is 3. The summed E-state index contributed by atoms with van der Waals surface area (Å²) in [5.74, 6) is -0.335. The first-order chi connectivity index (χ1) is 9.03. The monoisotopic (exact) mass is 309 g/mol. The number of anilines is 1. The topological polar surface area (TPSA) is 55.4 Å². The SMILES string of the molecule is CC1(C)CCNc2ccc(OS(=O)(=O)C(F)(F)F)cc21. The lowest BCUT2D eigenvalue weighted by Crippen LogP contribution is -2.30. The number of hydrogen-bond donors (Lipinski definition) is 1. The Hall–Kier alpha value is -1.44. The van der Waals surface area contributed by atoms with Crippen molar-refractivity contribution in [2.75, 3.05) is 11.9 Å². The molecule has 1 aliphatic heterocycles. The van der Waals surface area contributed by atoms with Gasteiger partial charge in [0, 0.05) is 12.2 Å². The van der Waals surface area contributed by atoms with Crippen LogP contribution in [0, 0.1) is 0 Å². The van der Waals surface area contributed by atoms with Gasteiger partial charge in [-0.1, -0.05) is 13.8 Å². The highest BCUT2D eigenvalue weighted by Gasteiger charge is 2.48. The van der Waals surface area contributed by atoms with Crippen LogP contribution in [0.15, 0.2) is 18.2 Å². The van der Waals surface area contributed by atoms with Crippen molar-refractivity contribution in [1.82, 2.24) is 0 Å². The molecule has 1 aliphatic rings. The minimum atomic E-state index is -5.64. The predicted octanol–water partition coefficient (Wildman–Crippen LogP) is 3.01. The van der Waals surface area contributed by atoms with Crippen LogP contribution in [0.2, 0.25) is 0 Å². The van der Waals surface area contributed by atoms with E-state index < -0.39 is 15.6 Å². The Morgan fingerprint density at radius 2 is 1.95 bits per heavy atom. The Morgan fingerprint density at radius 3 is 2.55 bits per heavy atom. The van der Waals surface area contributed by atoms with E-state index in [9.17, 15) is 21.6 Å². The van der Waals surface area contributed by atoms with E-state index in [0.29, 0.717) is 0 Å². The van der Waals surface area contributed by atoms with Crippen LogP contribution in [-0.2, 0) is 15.5 Å². The van der Waals surface area contributed by atoms with Gasteiger partial charge in [-0.05, 0) is 35.6 Å². The fourth-order valence-corrected chi connectivity index (χ4v) is 2.56. The third kappa shape index (κ3) is 2.70. The number of nitrogens with one attached hydrogen (secondary N) is 1. The van der Waals surface area contributed by atoms with E-state index in [0.717, 1.165) is 24.2 Å². The molecule has 112 valence electrons. The van der Waals surface area contributed by atoms with Crippen LogP contribution in [0.25, 0.3) is 0 Å². The van der Waals surface area contributed by atoms with Gasteiger partial charge >= 0.3 is 15.6 Å². The van der Waals surface area contributed by atoms with Crippen molar-refractivity contribution in [3.63, 3.8) is 0 Å². The zero-order valence-corrected chi connectivity index (χ0v) is 11.7. The molecular formula is C12H14F3NO3S. The zero-order valence-electron chi connectivity index (χ0n) is 10.9. The van der Waals surface area contributed by atoms with Crippen LogP contribution < -0.4 is 9.50 Å². The van der Waals surface area contributed by atoms with Gasteiger partial charge in [-0.2, -0.15) is 21.6 Å². The van der Waals surface area contributed by atoms with Crippen LogP contribution in [0.3, 0.4) is 0 Å². The summed E-state index contributed by atoms with van der Waals surface area (Å²) in [6, 6.07) is 4.07. The second-order valence-corrected chi connectivity index (χ2v) is 6.79. The average Bonchev–Trinajstić information content (AvgIpc) is 2.27. The van der Waals surface area contributed by atoms with Gasteiger partial charge in [0.1, 0.15) is 5.75 Å². The molecule has 0 aromatic heterocycles. The standard InChI is InChI=1S/C12H14F3NO3S/c1-11(2)5-6-16-10-4-3-8(7-9(10)11)19-20(17,18)12(13,14)15/h3-4,7,16H,5-6H2,1-2H3. The molecule has 1 aromatic carbocycles. The van der Waals surface area contributed by atoms with Gasteiger partial charge in [-0.3, -0.25) is 0 Å². The Kier molecular flexibility index (Phi) is 3.40. The van der Waals surface area contributed by atoms with E-state index in [1.807, 2.05) is 13.8 Å². The van der Waals surface area contributed by atoms with E-state index >= 15 is 0 Å². The lowest BCUT2D eigenvalue weighted by atomic mass is 9.78. The van der Waals surface area contributed by atoms with Crippen molar-refractivity contribution in [3.8, 4) is 5.75 Å². The Morgan fingerprint density at radius 1 is 1.30 bits per heavy atom. The van der Waals surface area contributed by atoms with Gasteiger partial charge in [-0.25, -0.2) is 0 Å². The molecule has 2 rings (SSSR count). The van der Waals surface area contributed by atoms with Gasteiger partial charge < -0.3 is 9.50 Å². The van der Waals surface area contributed by atoms with Crippen molar-refractivity contribution in [1.29, 1.82) is 0 Å². The predicted molar refractivity (Wildman–Crippen MR) is 68.2 cm³/mol. The summed E-state index contributed by atoms with van der Waals surface area (Å²) in [6.07, 6.45) is 0.787. The smallest absolute Gasteiger partial charge is 0.385 e. The lowest BCUT2D eigenvalue weighted by Gasteiger charge is -2.33. The molecule has 1 heterocycles. The highest BCUT2D eigenvalue weighted by molar-refractivity contribution is 7.88. The Labute approximate surface area is 115 Å². The summed E-state index contributed by atoms with van der Waals surface area (Å²) >= 11 is 0. The molecule has 1 aromatic rings. The summed E-state index contributed by atoms with van der Waals surface area (Å²) in [5, 5.41) is 3.11. The molecule has 0 unspecified atom stereocenters. The fraction of sp³-hybridized carbons (Fsp3) is 0.500. The first-order valence-electron chi connectivity index (χ1n) is 5.92. The quantitative estimate of drug-likeness (QED) is 0.674. The highest BCUT2D eigenvalue weighted by Crippen LogP contribution is 2.39. The lowest BCUT2D eigenvalue weighted by molar-refractivity contribution is -0.0500. The first kappa shape index (κ1) is 15.0. The summed E-state index contributed by atoms with van der Waals surface area (Å²) in [6.45, 7) is 4.63. The molecule has 0 saturated carbocycles. The fourth-order valence-electron chi connectivity index (χ4n) is 2.11. The average molecular weight is 309 g/mol. The van der Waals surface area contributed by atoms with E-state index in [4.69, 9.17) is 0 Å². The Balaban J connectivity index is 2.38. The zero-order chi connectivity index (χ0) is 15.2. The molecule has 0 spiro atoms. The van der Waals surface area contributed by atoms with Crippen molar-refractivity contribution >= 4 is 15.8 Å². The summed E-state index contributed by atoms with van der Waals surface area (Å²) in [5.41, 5.74) is -4.19. The molecule has 0 fully saturated rings. The van der Waals surface area contributed by atoms with E-state index in [1.54, 1.807) is 0 Å². The highest BCUT2D eigenvalue weighted by atomic mass is 32.2. The summed E-state index contributed by atoms with van der Waals surface area (Å²) in [4.78, 5) is 0. The number of alkyl halides is 3. The van der Waals surface area contributed by atoms with Crippen LogP contribution >= 0.6 is 0 Å². The number of rotatable bonds is 2. The molecule has 0 atom stereocenters. The van der Waals surface area contributed by atoms with Crippen molar-refractivity contribution in [2.45, 2.75) is 31.2 Å². The molecular weight excluding hydrogens is 295 g/mol. The van der Waals surface area contributed by atoms with Crippen LogP contribution in [0.4, 0.5) is 18.9 Å². The molecule has 0 bridgehead atoms. The second kappa shape index (κ2) is 4.54. The molecule has 0 radical (unpaired) electrons. The number of benzene rings is 1.